The van der Waals surface area contributed by atoms with E-state index in [9.17, 15) is 9.59 Å². The van der Waals surface area contributed by atoms with E-state index in [1.807, 2.05) is 13.8 Å². The fourth-order valence-corrected chi connectivity index (χ4v) is 2.59. The quantitative estimate of drug-likeness (QED) is 0.758. The van der Waals surface area contributed by atoms with Crippen molar-refractivity contribution < 1.29 is 14.0 Å². The Morgan fingerprint density at radius 3 is 2.52 bits per heavy atom. The van der Waals surface area contributed by atoms with Crippen molar-refractivity contribution >= 4 is 35.0 Å². The van der Waals surface area contributed by atoms with Gasteiger partial charge >= 0.3 is 0 Å². The van der Waals surface area contributed by atoms with Gasteiger partial charge in [-0.2, -0.15) is 0 Å². The Morgan fingerprint density at radius 1 is 1.16 bits per heavy atom. The maximum Gasteiger partial charge on any atom is 0.251 e. The van der Waals surface area contributed by atoms with Gasteiger partial charge in [0, 0.05) is 5.56 Å². The number of carbonyl (C=O) groups is 2. The van der Waals surface area contributed by atoms with Crippen LogP contribution in [0.3, 0.4) is 0 Å². The minimum atomic E-state index is -0.656. The van der Waals surface area contributed by atoms with Gasteiger partial charge in [-0.15, -0.1) is 0 Å². The molecule has 0 unspecified atom stereocenters. The van der Waals surface area contributed by atoms with Crippen molar-refractivity contribution in [3.05, 3.63) is 58.0 Å². The number of halogens is 2. The zero-order valence-corrected chi connectivity index (χ0v) is 15.5. The molecule has 0 spiro atoms. The zero-order chi connectivity index (χ0) is 18.4. The highest BCUT2D eigenvalue weighted by Gasteiger charge is 2.23. The minimum absolute atomic E-state index is 0.230. The third kappa shape index (κ3) is 5.80. The van der Waals surface area contributed by atoms with Gasteiger partial charge in [0.1, 0.15) is 11.8 Å². The lowest BCUT2D eigenvalue weighted by Gasteiger charge is -2.20. The third-order valence-corrected chi connectivity index (χ3v) is 4.27. The van der Waals surface area contributed by atoms with Gasteiger partial charge in [-0.25, -0.2) is 0 Å². The lowest BCUT2D eigenvalue weighted by molar-refractivity contribution is -0.123. The molecular formula is C18H20Cl2N2O3. The van der Waals surface area contributed by atoms with Gasteiger partial charge in [-0.05, 0) is 42.7 Å². The highest BCUT2D eigenvalue weighted by Crippen LogP contribution is 2.22. The molecular weight excluding hydrogens is 363 g/mol. The SMILES string of the molecule is CC(C)C[C@H](NC(=O)c1ccc(Cl)c(Cl)c1)C(=O)NCc1ccco1. The summed E-state index contributed by atoms with van der Waals surface area (Å²) in [5.41, 5.74) is 0.349. The Labute approximate surface area is 156 Å². The molecule has 0 bridgehead atoms. The summed E-state index contributed by atoms with van der Waals surface area (Å²) in [4.78, 5) is 24.9. The summed E-state index contributed by atoms with van der Waals surface area (Å²) in [6, 6.07) is 7.46. The predicted octanol–water partition coefficient (Wildman–Crippen LogP) is 4.05. The number of furan rings is 1. The van der Waals surface area contributed by atoms with E-state index in [1.165, 1.54) is 6.07 Å². The van der Waals surface area contributed by atoms with E-state index in [0.29, 0.717) is 22.8 Å². The van der Waals surface area contributed by atoms with E-state index in [-0.39, 0.29) is 29.3 Å². The summed E-state index contributed by atoms with van der Waals surface area (Å²) in [5.74, 6) is 0.233. The van der Waals surface area contributed by atoms with Crippen LogP contribution in [0.4, 0.5) is 0 Å². The summed E-state index contributed by atoms with van der Waals surface area (Å²) in [7, 11) is 0. The topological polar surface area (TPSA) is 71.3 Å². The first kappa shape index (κ1) is 19.3. The van der Waals surface area contributed by atoms with Crippen LogP contribution in [-0.2, 0) is 11.3 Å². The molecule has 0 radical (unpaired) electrons. The average Bonchev–Trinajstić information content (AvgIpc) is 3.07. The molecule has 1 aromatic carbocycles. The molecule has 1 aromatic heterocycles. The molecule has 0 aliphatic rings. The van der Waals surface area contributed by atoms with Gasteiger partial charge in [0.05, 0.1) is 22.9 Å². The van der Waals surface area contributed by atoms with Crippen LogP contribution >= 0.6 is 23.2 Å². The lowest BCUT2D eigenvalue weighted by atomic mass is 10.0. The van der Waals surface area contributed by atoms with Crippen LogP contribution in [-0.4, -0.2) is 17.9 Å². The van der Waals surface area contributed by atoms with Crippen molar-refractivity contribution in [1.29, 1.82) is 0 Å². The van der Waals surface area contributed by atoms with Crippen LogP contribution in [0.2, 0.25) is 10.0 Å². The number of carbonyl (C=O) groups excluding carboxylic acids is 2. The van der Waals surface area contributed by atoms with Crippen molar-refractivity contribution in [2.75, 3.05) is 0 Å². The Morgan fingerprint density at radius 2 is 1.92 bits per heavy atom. The zero-order valence-electron chi connectivity index (χ0n) is 14.0. The largest absolute Gasteiger partial charge is 0.467 e. The maximum absolute atomic E-state index is 12.4. The number of amides is 2. The summed E-state index contributed by atoms with van der Waals surface area (Å²) in [5, 5.41) is 6.19. The summed E-state index contributed by atoms with van der Waals surface area (Å²) in [6.45, 7) is 4.24. The van der Waals surface area contributed by atoms with E-state index in [2.05, 4.69) is 10.6 Å². The van der Waals surface area contributed by atoms with E-state index in [1.54, 1.807) is 30.5 Å². The normalized spacial score (nSPS) is 12.0. The van der Waals surface area contributed by atoms with Crippen LogP contribution in [0.1, 0.15) is 36.4 Å². The molecule has 2 aromatic rings. The molecule has 1 atom stereocenters. The Bertz CT molecular complexity index is 730. The van der Waals surface area contributed by atoms with Crippen molar-refractivity contribution in [2.24, 2.45) is 5.92 Å². The van der Waals surface area contributed by atoms with Crippen LogP contribution in [0, 0.1) is 5.92 Å². The molecule has 0 aliphatic carbocycles. The fourth-order valence-electron chi connectivity index (χ4n) is 2.29. The first-order valence-electron chi connectivity index (χ1n) is 7.93. The number of nitrogens with one attached hydrogen (secondary N) is 2. The molecule has 0 fully saturated rings. The average molecular weight is 383 g/mol. The van der Waals surface area contributed by atoms with Gasteiger partial charge in [0.15, 0.2) is 0 Å². The van der Waals surface area contributed by atoms with Crippen molar-refractivity contribution in [3.8, 4) is 0 Å². The lowest BCUT2D eigenvalue weighted by Crippen LogP contribution is -2.47. The highest BCUT2D eigenvalue weighted by molar-refractivity contribution is 6.42. The van der Waals surface area contributed by atoms with Gasteiger partial charge in [-0.3, -0.25) is 9.59 Å². The molecule has 2 rings (SSSR count). The number of hydrogen-bond acceptors (Lipinski definition) is 3. The van der Waals surface area contributed by atoms with Gasteiger partial charge in [-0.1, -0.05) is 37.0 Å². The summed E-state index contributed by atoms with van der Waals surface area (Å²) >= 11 is 11.8. The van der Waals surface area contributed by atoms with Gasteiger partial charge in [0.25, 0.3) is 5.91 Å². The number of hydrogen-bond donors (Lipinski definition) is 2. The molecule has 7 heteroatoms. The molecule has 0 saturated heterocycles. The van der Waals surface area contributed by atoms with Crippen molar-refractivity contribution in [1.82, 2.24) is 10.6 Å². The van der Waals surface area contributed by atoms with Gasteiger partial charge < -0.3 is 15.1 Å². The van der Waals surface area contributed by atoms with E-state index in [4.69, 9.17) is 27.6 Å². The minimum Gasteiger partial charge on any atom is -0.467 e. The monoisotopic (exact) mass is 382 g/mol. The highest BCUT2D eigenvalue weighted by atomic mass is 35.5. The molecule has 0 saturated carbocycles. The predicted molar refractivity (Wildman–Crippen MR) is 97.7 cm³/mol. The summed E-state index contributed by atoms with van der Waals surface area (Å²) in [6.07, 6.45) is 2.05. The van der Waals surface area contributed by atoms with E-state index < -0.39 is 6.04 Å². The van der Waals surface area contributed by atoms with Crippen molar-refractivity contribution in [3.63, 3.8) is 0 Å². The van der Waals surface area contributed by atoms with Crippen LogP contribution < -0.4 is 10.6 Å². The Kier molecular flexibility index (Phi) is 6.91. The second-order valence-electron chi connectivity index (χ2n) is 6.08. The van der Waals surface area contributed by atoms with Crippen LogP contribution in [0.25, 0.3) is 0 Å². The molecule has 2 N–H and O–H groups in total. The molecule has 2 amide bonds. The molecule has 1 heterocycles. The molecule has 5 nitrogen and oxygen atoms in total. The molecule has 25 heavy (non-hydrogen) atoms. The Hall–Kier alpha value is -1.98. The first-order chi connectivity index (χ1) is 11.9. The Balaban J connectivity index is 2.03. The smallest absolute Gasteiger partial charge is 0.251 e. The number of rotatable bonds is 7. The van der Waals surface area contributed by atoms with Gasteiger partial charge in [0.2, 0.25) is 5.91 Å². The second kappa shape index (κ2) is 8.92. The first-order valence-corrected chi connectivity index (χ1v) is 8.68. The van der Waals surface area contributed by atoms with E-state index in [0.717, 1.165) is 0 Å². The van der Waals surface area contributed by atoms with E-state index >= 15 is 0 Å². The second-order valence-corrected chi connectivity index (χ2v) is 6.90. The standard InChI is InChI=1S/C18H20Cl2N2O3/c1-11(2)8-16(18(24)21-10-13-4-3-7-25-13)22-17(23)12-5-6-14(19)15(20)9-12/h3-7,9,11,16H,8,10H2,1-2H3,(H,21,24)(H,22,23)/t16-/m0/s1. The number of benzene rings is 1. The van der Waals surface area contributed by atoms with Crippen LogP contribution in [0.5, 0.6) is 0 Å². The van der Waals surface area contributed by atoms with Crippen molar-refractivity contribution in [2.45, 2.75) is 32.9 Å². The molecule has 0 aliphatic heterocycles. The summed E-state index contributed by atoms with van der Waals surface area (Å²) < 4.78 is 5.19. The van der Waals surface area contributed by atoms with Crippen LogP contribution in [0.15, 0.2) is 41.0 Å². The maximum atomic E-state index is 12.4. The molecule has 134 valence electrons. The third-order valence-electron chi connectivity index (χ3n) is 3.53. The fraction of sp³-hybridized carbons (Fsp3) is 0.333.